The van der Waals surface area contributed by atoms with Gasteiger partial charge in [-0.1, -0.05) is 86.9 Å². The molecule has 2 aromatic carbocycles. The van der Waals surface area contributed by atoms with Crippen LogP contribution in [0.3, 0.4) is 0 Å². The Balaban J connectivity index is 2.38. The zero-order valence-electron chi connectivity index (χ0n) is 17.9. The van der Waals surface area contributed by atoms with Crippen LogP contribution in [-0.4, -0.2) is 10.0 Å². The van der Waals surface area contributed by atoms with E-state index in [-0.39, 0.29) is 10.0 Å². The van der Waals surface area contributed by atoms with E-state index < -0.39 is 5.41 Å². The second-order valence-electron chi connectivity index (χ2n) is 7.80. The lowest BCUT2D eigenvalue weighted by molar-refractivity contribution is 0.282. The summed E-state index contributed by atoms with van der Waals surface area (Å²) in [5.74, 6) is 0.939. The predicted octanol–water partition coefficient (Wildman–Crippen LogP) is 10.4. The Morgan fingerprint density at radius 3 is 1.26 bits per heavy atom. The Kier molecular flexibility index (Phi) is 10.6. The number of benzene rings is 2. The fraction of sp³-hybridized carbons (Fsp3) is 0.478. The molecule has 172 valence electrons. The topological polar surface area (TPSA) is 18.5 Å². The standard InChI is InChI=1S/C23H26Br2Cl4O2/c1-5-7-19(24)30-21-15(26)9-13(10-16(21)27)23(3,4)14-11-17(28)22(18(29)12-14)31-20(25)8-6-2/h9-12,19-20H,5-8H2,1-4H3. The molecular weight excluding hydrogens is 610 g/mol. The SMILES string of the molecule is CCCC(Br)Oc1c(Cl)cc(C(C)(C)c2cc(Cl)c(OC(Br)CCC)c(Cl)c2)cc1Cl. The van der Waals surface area contributed by atoms with Gasteiger partial charge in [0.25, 0.3) is 0 Å². The fourth-order valence-corrected chi connectivity index (χ4v) is 5.50. The van der Waals surface area contributed by atoms with Crippen molar-refractivity contribution < 1.29 is 9.47 Å². The lowest BCUT2D eigenvalue weighted by Crippen LogP contribution is -2.20. The van der Waals surface area contributed by atoms with Crippen LogP contribution in [0.15, 0.2) is 24.3 Å². The normalized spacial score (nSPS) is 13.7. The van der Waals surface area contributed by atoms with Crippen molar-refractivity contribution in [3.05, 3.63) is 55.5 Å². The molecule has 2 atom stereocenters. The van der Waals surface area contributed by atoms with Gasteiger partial charge < -0.3 is 9.47 Å². The number of hydrogen-bond acceptors (Lipinski definition) is 2. The van der Waals surface area contributed by atoms with Crippen LogP contribution in [0.1, 0.15) is 64.5 Å². The monoisotopic (exact) mass is 632 g/mol. The smallest absolute Gasteiger partial charge is 0.158 e. The Labute approximate surface area is 222 Å². The summed E-state index contributed by atoms with van der Waals surface area (Å²) < 4.78 is 11.8. The van der Waals surface area contributed by atoms with Gasteiger partial charge in [0.2, 0.25) is 0 Å². The van der Waals surface area contributed by atoms with E-state index in [9.17, 15) is 0 Å². The minimum atomic E-state index is -0.466. The van der Waals surface area contributed by atoms with Crippen molar-refractivity contribution in [1.29, 1.82) is 0 Å². The molecule has 2 rings (SSSR count). The lowest BCUT2D eigenvalue weighted by Gasteiger charge is -2.28. The fourth-order valence-electron chi connectivity index (χ4n) is 3.06. The average Bonchev–Trinajstić information content (AvgIpc) is 2.67. The van der Waals surface area contributed by atoms with Gasteiger partial charge in [0.15, 0.2) is 21.5 Å². The van der Waals surface area contributed by atoms with Gasteiger partial charge in [-0.3, -0.25) is 0 Å². The molecule has 0 heterocycles. The van der Waals surface area contributed by atoms with E-state index in [1.807, 2.05) is 24.3 Å². The maximum atomic E-state index is 6.54. The third-order valence-electron chi connectivity index (χ3n) is 4.96. The van der Waals surface area contributed by atoms with Crippen LogP contribution in [0, 0.1) is 0 Å². The Morgan fingerprint density at radius 1 is 0.710 bits per heavy atom. The molecular formula is C23H26Br2Cl4O2. The van der Waals surface area contributed by atoms with Crippen LogP contribution in [0.2, 0.25) is 20.1 Å². The summed E-state index contributed by atoms with van der Waals surface area (Å²) in [5, 5.41) is 1.51. The Hall–Kier alpha value is 0.160. The van der Waals surface area contributed by atoms with Crippen molar-refractivity contribution in [1.82, 2.24) is 0 Å². The molecule has 2 aromatic rings. The van der Waals surface area contributed by atoms with E-state index in [4.69, 9.17) is 55.9 Å². The molecule has 0 aliphatic heterocycles. The second kappa shape index (κ2) is 12.0. The molecule has 0 aliphatic rings. The molecule has 0 N–H and O–H groups in total. The van der Waals surface area contributed by atoms with Crippen LogP contribution < -0.4 is 9.47 Å². The summed E-state index contributed by atoms with van der Waals surface area (Å²) >= 11 is 33.2. The van der Waals surface area contributed by atoms with Crippen LogP contribution in [-0.2, 0) is 5.41 Å². The Bertz CT molecular complexity index is 788. The van der Waals surface area contributed by atoms with Crippen LogP contribution >= 0.6 is 78.3 Å². The van der Waals surface area contributed by atoms with Crippen LogP contribution in [0.25, 0.3) is 0 Å². The third kappa shape index (κ3) is 7.07. The van der Waals surface area contributed by atoms with E-state index in [1.54, 1.807) is 0 Å². The minimum absolute atomic E-state index is 0.150. The van der Waals surface area contributed by atoms with E-state index >= 15 is 0 Å². The van der Waals surface area contributed by atoms with Gasteiger partial charge in [-0.15, -0.1) is 0 Å². The summed E-state index contributed by atoms with van der Waals surface area (Å²) in [6.07, 6.45) is 3.65. The molecule has 2 unspecified atom stereocenters. The van der Waals surface area contributed by atoms with Gasteiger partial charge in [-0.25, -0.2) is 0 Å². The molecule has 0 radical (unpaired) electrons. The first kappa shape index (κ1) is 27.4. The first-order chi connectivity index (χ1) is 14.5. The highest BCUT2D eigenvalue weighted by Gasteiger charge is 2.28. The van der Waals surface area contributed by atoms with Gasteiger partial charge in [-0.05, 0) is 80.1 Å². The summed E-state index contributed by atoms with van der Waals surface area (Å²) in [6, 6.07) is 7.49. The molecule has 0 bridgehead atoms. The van der Waals surface area contributed by atoms with Crippen LogP contribution in [0.4, 0.5) is 0 Å². The number of ether oxygens (including phenoxy) is 2. The molecule has 0 fully saturated rings. The van der Waals surface area contributed by atoms with Gasteiger partial charge in [-0.2, -0.15) is 0 Å². The maximum Gasteiger partial charge on any atom is 0.158 e. The molecule has 0 saturated heterocycles. The van der Waals surface area contributed by atoms with Crippen molar-refractivity contribution in [2.75, 3.05) is 0 Å². The highest BCUT2D eigenvalue weighted by atomic mass is 79.9. The number of hydrogen-bond donors (Lipinski definition) is 0. The van der Waals surface area contributed by atoms with Gasteiger partial charge in [0.05, 0.1) is 20.1 Å². The van der Waals surface area contributed by atoms with E-state index in [2.05, 4.69) is 59.6 Å². The quantitative estimate of drug-likeness (QED) is 0.242. The molecule has 2 nitrogen and oxygen atoms in total. The number of rotatable bonds is 10. The summed E-state index contributed by atoms with van der Waals surface area (Å²) in [7, 11) is 0. The van der Waals surface area contributed by atoms with Crippen molar-refractivity contribution in [2.45, 2.75) is 68.8 Å². The zero-order valence-corrected chi connectivity index (χ0v) is 24.1. The zero-order chi connectivity index (χ0) is 23.3. The van der Waals surface area contributed by atoms with E-state index in [0.717, 1.165) is 36.8 Å². The van der Waals surface area contributed by atoms with E-state index in [0.29, 0.717) is 31.6 Å². The van der Waals surface area contributed by atoms with Crippen molar-refractivity contribution in [3.63, 3.8) is 0 Å². The summed E-state index contributed by atoms with van der Waals surface area (Å²) in [4.78, 5) is 0. The van der Waals surface area contributed by atoms with Gasteiger partial charge >= 0.3 is 0 Å². The molecule has 31 heavy (non-hydrogen) atoms. The largest absolute Gasteiger partial charge is 0.476 e. The highest BCUT2D eigenvalue weighted by Crippen LogP contribution is 2.44. The molecule has 0 spiro atoms. The van der Waals surface area contributed by atoms with Gasteiger partial charge in [0.1, 0.15) is 0 Å². The number of halogens is 6. The first-order valence-electron chi connectivity index (χ1n) is 10.1. The molecule has 0 amide bonds. The second-order valence-corrected chi connectivity index (χ2v) is 11.5. The molecule has 0 aliphatic carbocycles. The molecule has 8 heteroatoms. The lowest BCUT2D eigenvalue weighted by atomic mass is 9.78. The van der Waals surface area contributed by atoms with Crippen molar-refractivity contribution in [2.24, 2.45) is 0 Å². The first-order valence-corrected chi connectivity index (χ1v) is 13.5. The maximum absolute atomic E-state index is 6.54. The molecule has 0 aromatic heterocycles. The van der Waals surface area contributed by atoms with Crippen LogP contribution in [0.5, 0.6) is 11.5 Å². The summed E-state index contributed by atoms with van der Waals surface area (Å²) in [6.45, 7) is 8.29. The third-order valence-corrected chi connectivity index (χ3v) is 7.38. The Morgan fingerprint density at radius 2 is 1.00 bits per heavy atom. The summed E-state index contributed by atoms with van der Waals surface area (Å²) in [5.41, 5.74) is 1.37. The number of alkyl halides is 2. The minimum Gasteiger partial charge on any atom is -0.476 e. The molecule has 0 saturated carbocycles. The van der Waals surface area contributed by atoms with Gasteiger partial charge in [0, 0.05) is 5.41 Å². The predicted molar refractivity (Wildman–Crippen MR) is 142 cm³/mol. The van der Waals surface area contributed by atoms with E-state index in [1.165, 1.54) is 0 Å². The van der Waals surface area contributed by atoms with Crippen molar-refractivity contribution in [3.8, 4) is 11.5 Å². The average molecular weight is 636 g/mol. The van der Waals surface area contributed by atoms with Crippen molar-refractivity contribution >= 4 is 78.3 Å². The highest BCUT2D eigenvalue weighted by molar-refractivity contribution is 9.09.